The van der Waals surface area contributed by atoms with Crippen molar-refractivity contribution < 1.29 is 5.11 Å². The smallest absolute Gasteiger partial charge is 0.0774 e. The molecule has 2 rings (SSSR count). The van der Waals surface area contributed by atoms with Crippen molar-refractivity contribution >= 4 is 0 Å². The Morgan fingerprint density at radius 3 is 2.56 bits per heavy atom. The molecule has 2 fully saturated rings. The average molecular weight is 223 g/mol. The first-order valence-corrected chi connectivity index (χ1v) is 6.62. The van der Waals surface area contributed by atoms with E-state index in [4.69, 9.17) is 0 Å². The van der Waals surface area contributed by atoms with Gasteiger partial charge in [0.05, 0.1) is 5.60 Å². The van der Waals surface area contributed by atoms with Crippen molar-refractivity contribution in [1.29, 1.82) is 0 Å². The monoisotopic (exact) mass is 223 g/mol. The molecule has 0 bridgehead atoms. The lowest BCUT2D eigenvalue weighted by molar-refractivity contribution is -0.0627. The van der Waals surface area contributed by atoms with Gasteiger partial charge >= 0.3 is 0 Å². The second kappa shape index (κ2) is 4.50. The fraction of sp³-hybridized carbons (Fsp3) is 0.857. The van der Waals surface area contributed by atoms with Crippen LogP contribution in [0.4, 0.5) is 0 Å². The summed E-state index contributed by atoms with van der Waals surface area (Å²) in [5.74, 6) is 0.617. The molecule has 2 nitrogen and oxygen atoms in total. The summed E-state index contributed by atoms with van der Waals surface area (Å²) in [4.78, 5) is 2.50. The zero-order valence-electron chi connectivity index (χ0n) is 10.7. The van der Waals surface area contributed by atoms with E-state index in [2.05, 4.69) is 18.4 Å². The van der Waals surface area contributed by atoms with E-state index in [-0.39, 0.29) is 0 Å². The van der Waals surface area contributed by atoms with E-state index in [1.165, 1.54) is 31.5 Å². The first-order chi connectivity index (χ1) is 7.50. The Bertz CT molecular complexity index is 266. The molecular formula is C14H25NO. The molecule has 0 radical (unpaired) electrons. The van der Waals surface area contributed by atoms with Gasteiger partial charge in [0, 0.05) is 6.04 Å². The topological polar surface area (TPSA) is 23.5 Å². The first-order valence-electron chi connectivity index (χ1n) is 6.62. The predicted molar refractivity (Wildman–Crippen MR) is 67.4 cm³/mol. The quantitative estimate of drug-likeness (QED) is 0.727. The second-order valence-corrected chi connectivity index (χ2v) is 5.93. The number of aliphatic hydroxyl groups is 1. The maximum absolute atomic E-state index is 10.5. The Hall–Kier alpha value is -0.340. The van der Waals surface area contributed by atoms with E-state index in [9.17, 15) is 5.11 Å². The second-order valence-electron chi connectivity index (χ2n) is 5.93. The van der Waals surface area contributed by atoms with Crippen molar-refractivity contribution in [1.82, 2.24) is 4.90 Å². The summed E-state index contributed by atoms with van der Waals surface area (Å²) in [5.41, 5.74) is 0.802. The summed E-state index contributed by atoms with van der Waals surface area (Å²) in [6.07, 6.45) is 5.72. The fourth-order valence-electron chi connectivity index (χ4n) is 3.32. The molecule has 0 spiro atoms. The zero-order chi connectivity index (χ0) is 11.8. The lowest BCUT2D eigenvalue weighted by Gasteiger charge is -2.45. The third-order valence-electron chi connectivity index (χ3n) is 4.50. The Balaban J connectivity index is 2.08. The summed E-state index contributed by atoms with van der Waals surface area (Å²) in [6.45, 7) is 10.6. The molecule has 1 saturated heterocycles. The van der Waals surface area contributed by atoms with Gasteiger partial charge in [-0.1, -0.05) is 12.2 Å². The maximum atomic E-state index is 10.5. The molecule has 0 aromatic rings. The highest BCUT2D eigenvalue weighted by Crippen LogP contribution is 2.38. The van der Waals surface area contributed by atoms with Crippen molar-refractivity contribution in [2.45, 2.75) is 57.6 Å². The highest BCUT2D eigenvalue weighted by atomic mass is 16.3. The molecule has 2 aliphatic rings. The number of rotatable bonds is 2. The molecule has 0 aromatic heterocycles. The molecule has 1 aliphatic heterocycles. The molecule has 0 aromatic carbocycles. The summed E-state index contributed by atoms with van der Waals surface area (Å²) < 4.78 is 0. The van der Waals surface area contributed by atoms with Crippen molar-refractivity contribution in [3.05, 3.63) is 12.2 Å². The molecular weight excluding hydrogens is 198 g/mol. The Kier molecular flexibility index (Phi) is 3.41. The van der Waals surface area contributed by atoms with Crippen molar-refractivity contribution in [3.63, 3.8) is 0 Å². The van der Waals surface area contributed by atoms with Gasteiger partial charge < -0.3 is 5.11 Å². The molecule has 3 atom stereocenters. The van der Waals surface area contributed by atoms with Crippen LogP contribution in [0.5, 0.6) is 0 Å². The minimum absolute atomic E-state index is 0.352. The third-order valence-corrected chi connectivity index (χ3v) is 4.50. The van der Waals surface area contributed by atoms with Gasteiger partial charge in [-0.05, 0) is 65.0 Å². The van der Waals surface area contributed by atoms with Crippen molar-refractivity contribution in [3.8, 4) is 0 Å². The number of hydrogen-bond donors (Lipinski definition) is 1. The van der Waals surface area contributed by atoms with Gasteiger partial charge in [-0.2, -0.15) is 0 Å². The number of allylic oxidation sites excluding steroid dienone is 1. The molecule has 92 valence electrons. The van der Waals surface area contributed by atoms with Crippen molar-refractivity contribution in [2.24, 2.45) is 5.92 Å². The van der Waals surface area contributed by atoms with Crippen molar-refractivity contribution in [2.75, 3.05) is 13.1 Å². The minimum Gasteiger partial charge on any atom is -0.389 e. The van der Waals surface area contributed by atoms with Crippen LogP contribution < -0.4 is 0 Å². The van der Waals surface area contributed by atoms with E-state index in [0.717, 1.165) is 19.3 Å². The van der Waals surface area contributed by atoms with Crippen LogP contribution in [-0.4, -0.2) is 34.7 Å². The molecule has 2 heteroatoms. The lowest BCUT2D eigenvalue weighted by atomic mass is 9.73. The maximum Gasteiger partial charge on any atom is 0.0774 e. The minimum atomic E-state index is -0.490. The normalized spacial score (nSPS) is 41.2. The summed E-state index contributed by atoms with van der Waals surface area (Å²) in [7, 11) is 0. The van der Waals surface area contributed by atoms with Gasteiger partial charge in [0.15, 0.2) is 0 Å². The predicted octanol–water partition coefficient (Wildman–Crippen LogP) is 2.58. The van der Waals surface area contributed by atoms with Crippen LogP contribution >= 0.6 is 0 Å². The molecule has 0 unspecified atom stereocenters. The number of nitrogens with zero attached hydrogens (tertiary/aromatic N) is 1. The Morgan fingerprint density at radius 1 is 1.38 bits per heavy atom. The van der Waals surface area contributed by atoms with E-state index in [0.29, 0.717) is 12.0 Å². The Labute approximate surface area is 99.3 Å². The van der Waals surface area contributed by atoms with E-state index in [1.807, 2.05) is 6.92 Å². The molecule has 16 heavy (non-hydrogen) atoms. The van der Waals surface area contributed by atoms with Gasteiger partial charge in [0.25, 0.3) is 0 Å². The van der Waals surface area contributed by atoms with E-state index < -0.39 is 5.60 Å². The van der Waals surface area contributed by atoms with E-state index >= 15 is 0 Å². The third kappa shape index (κ3) is 2.33. The summed E-state index contributed by atoms with van der Waals surface area (Å²) >= 11 is 0. The zero-order valence-corrected chi connectivity index (χ0v) is 10.7. The summed E-state index contributed by atoms with van der Waals surface area (Å²) in [5, 5.41) is 10.5. The lowest BCUT2D eigenvalue weighted by Crippen LogP contribution is -2.53. The molecule has 1 saturated carbocycles. The van der Waals surface area contributed by atoms with Crippen LogP contribution in [0.3, 0.4) is 0 Å². The molecule has 1 N–H and O–H groups in total. The van der Waals surface area contributed by atoms with Crippen LogP contribution in [-0.2, 0) is 0 Å². The molecule has 1 heterocycles. The first kappa shape index (κ1) is 12.1. The van der Waals surface area contributed by atoms with Gasteiger partial charge in [-0.15, -0.1) is 0 Å². The van der Waals surface area contributed by atoms with Crippen LogP contribution in [0.15, 0.2) is 12.2 Å². The van der Waals surface area contributed by atoms with E-state index in [1.54, 1.807) is 0 Å². The number of hydrogen-bond acceptors (Lipinski definition) is 2. The van der Waals surface area contributed by atoms with Gasteiger partial charge in [-0.3, -0.25) is 4.90 Å². The summed E-state index contributed by atoms with van der Waals surface area (Å²) in [6, 6.07) is 0.352. The SMILES string of the molecule is C=C(C)[C@@H]1CC[C@](C)(O)[C@@H](N2CCCC2)C1. The van der Waals surface area contributed by atoms with Crippen LogP contribution in [0.1, 0.15) is 46.0 Å². The Morgan fingerprint density at radius 2 is 2.00 bits per heavy atom. The standard InChI is InChI=1S/C14H25NO/c1-11(2)12-6-7-14(3,16)13(10-12)15-8-4-5-9-15/h12-13,16H,1,4-10H2,2-3H3/t12-,13+,14+/m1/s1. The average Bonchev–Trinajstić information content (AvgIpc) is 2.69. The largest absolute Gasteiger partial charge is 0.389 e. The van der Waals surface area contributed by atoms with Crippen LogP contribution in [0, 0.1) is 5.92 Å². The molecule has 1 aliphatic carbocycles. The number of likely N-dealkylation sites (tertiary alicyclic amines) is 1. The van der Waals surface area contributed by atoms with Crippen LogP contribution in [0.25, 0.3) is 0 Å². The van der Waals surface area contributed by atoms with Gasteiger partial charge in [-0.25, -0.2) is 0 Å². The highest BCUT2D eigenvalue weighted by molar-refractivity contribution is 5.05. The highest BCUT2D eigenvalue weighted by Gasteiger charge is 2.42. The molecule has 0 amide bonds. The van der Waals surface area contributed by atoms with Gasteiger partial charge in [0.2, 0.25) is 0 Å². The van der Waals surface area contributed by atoms with Crippen LogP contribution in [0.2, 0.25) is 0 Å². The fourth-order valence-corrected chi connectivity index (χ4v) is 3.32. The van der Waals surface area contributed by atoms with Gasteiger partial charge in [0.1, 0.15) is 0 Å².